The highest BCUT2D eigenvalue weighted by atomic mass is 16.6. The van der Waals surface area contributed by atoms with Crippen LogP contribution in [0.2, 0.25) is 0 Å². The number of hydrogen-bond donors (Lipinski definition) is 1. The van der Waals surface area contributed by atoms with Crippen molar-refractivity contribution in [1.29, 1.82) is 0 Å². The Hall–Kier alpha value is -0.640. The minimum absolute atomic E-state index is 0.294. The van der Waals surface area contributed by atoms with Crippen LogP contribution >= 0.6 is 0 Å². The largest absolute Gasteiger partial charge is 0.389 e. The van der Waals surface area contributed by atoms with E-state index in [0.29, 0.717) is 12.8 Å². The maximum Gasteiger partial charge on any atom is 0.244 e. The van der Waals surface area contributed by atoms with Crippen molar-refractivity contribution in [3.63, 3.8) is 0 Å². The highest BCUT2D eigenvalue weighted by Crippen LogP contribution is 2.23. The first-order valence-electron chi connectivity index (χ1n) is 7.88. The first-order valence-corrected chi connectivity index (χ1v) is 7.88. The van der Waals surface area contributed by atoms with Crippen LogP contribution in [0.4, 0.5) is 0 Å². The molecule has 114 valence electrons. The lowest BCUT2D eigenvalue weighted by Gasteiger charge is -2.21. The fourth-order valence-electron chi connectivity index (χ4n) is 2.41. The first-order chi connectivity index (χ1) is 9.13. The lowest BCUT2D eigenvalue weighted by atomic mass is 9.90. The molecular formula is C15H31NO3. The molecule has 0 aliphatic carbocycles. The van der Waals surface area contributed by atoms with Crippen LogP contribution in [0.5, 0.6) is 0 Å². The summed E-state index contributed by atoms with van der Waals surface area (Å²) in [5.74, 6) is 0. The molecule has 19 heavy (non-hydrogen) atoms. The Morgan fingerprint density at radius 2 is 1.42 bits per heavy atom. The second-order valence-corrected chi connectivity index (χ2v) is 5.57. The zero-order chi connectivity index (χ0) is 14.6. The van der Waals surface area contributed by atoms with Crippen LogP contribution < -0.4 is 0 Å². The highest BCUT2D eigenvalue weighted by Gasteiger charge is 2.39. The van der Waals surface area contributed by atoms with Gasteiger partial charge in [0.2, 0.25) is 5.54 Å². The average Bonchev–Trinajstić information content (AvgIpc) is 2.41. The van der Waals surface area contributed by atoms with Crippen molar-refractivity contribution in [2.75, 3.05) is 6.61 Å². The molecule has 4 nitrogen and oxygen atoms in total. The second kappa shape index (κ2) is 11.2. The van der Waals surface area contributed by atoms with E-state index in [0.717, 1.165) is 19.3 Å². The molecule has 0 aliphatic heterocycles. The van der Waals surface area contributed by atoms with Crippen molar-refractivity contribution in [1.82, 2.24) is 0 Å². The third-order valence-corrected chi connectivity index (χ3v) is 4.09. The molecule has 0 rings (SSSR count). The normalized spacial score (nSPS) is 14.3. The van der Waals surface area contributed by atoms with Crippen molar-refractivity contribution >= 4 is 0 Å². The number of aliphatic hydroxyl groups is 1. The summed E-state index contributed by atoms with van der Waals surface area (Å²) in [6, 6.07) is 0. The van der Waals surface area contributed by atoms with Gasteiger partial charge in [0.05, 0.1) is 0 Å². The summed E-state index contributed by atoms with van der Waals surface area (Å²) < 4.78 is 0. The number of hydrogen-bond acceptors (Lipinski definition) is 3. The average molecular weight is 273 g/mol. The summed E-state index contributed by atoms with van der Waals surface area (Å²) in [4.78, 5) is 10.7. The quantitative estimate of drug-likeness (QED) is 0.309. The van der Waals surface area contributed by atoms with Gasteiger partial charge in [-0.3, -0.25) is 10.1 Å². The predicted octanol–water partition coefficient (Wildman–Crippen LogP) is 4.33. The molecule has 0 bridgehead atoms. The summed E-state index contributed by atoms with van der Waals surface area (Å²) in [5.41, 5.74) is -1.10. The first kappa shape index (κ1) is 18.4. The molecule has 1 N–H and O–H groups in total. The van der Waals surface area contributed by atoms with Crippen LogP contribution in [-0.2, 0) is 0 Å². The van der Waals surface area contributed by atoms with Gasteiger partial charge in [0.25, 0.3) is 0 Å². The zero-order valence-electron chi connectivity index (χ0n) is 12.7. The molecule has 0 aliphatic rings. The molecule has 0 fully saturated rings. The van der Waals surface area contributed by atoms with Gasteiger partial charge in [0.15, 0.2) is 0 Å². The predicted molar refractivity (Wildman–Crippen MR) is 78.9 cm³/mol. The molecule has 1 unspecified atom stereocenters. The Bertz CT molecular complexity index is 227. The Morgan fingerprint density at radius 1 is 0.947 bits per heavy atom. The van der Waals surface area contributed by atoms with Crippen molar-refractivity contribution < 1.29 is 10.0 Å². The SMILES string of the molecule is CCCCCCCCCCCC(CC)(CO)[N+](=O)[O-]. The number of aliphatic hydroxyl groups excluding tert-OH is 1. The summed E-state index contributed by atoms with van der Waals surface area (Å²) >= 11 is 0. The molecule has 0 spiro atoms. The molecular weight excluding hydrogens is 242 g/mol. The van der Waals surface area contributed by atoms with Gasteiger partial charge in [-0.15, -0.1) is 0 Å². The molecule has 0 aromatic carbocycles. The van der Waals surface area contributed by atoms with E-state index < -0.39 is 5.54 Å². The minimum atomic E-state index is -1.10. The van der Waals surface area contributed by atoms with E-state index in [4.69, 9.17) is 0 Å². The number of unbranched alkanes of at least 4 members (excludes halogenated alkanes) is 8. The fraction of sp³-hybridized carbons (Fsp3) is 1.00. The molecule has 0 aromatic rings. The highest BCUT2D eigenvalue weighted by molar-refractivity contribution is 4.76. The van der Waals surface area contributed by atoms with E-state index in [-0.39, 0.29) is 11.5 Å². The number of nitrogens with zero attached hydrogens (tertiary/aromatic N) is 1. The van der Waals surface area contributed by atoms with Gasteiger partial charge in [0.1, 0.15) is 6.61 Å². The maximum atomic E-state index is 11.0. The Kier molecular flexibility index (Phi) is 10.8. The molecule has 0 heterocycles. The monoisotopic (exact) mass is 273 g/mol. The molecule has 0 saturated carbocycles. The van der Waals surface area contributed by atoms with Gasteiger partial charge in [-0.1, -0.05) is 65.2 Å². The van der Waals surface area contributed by atoms with Gasteiger partial charge in [-0.05, 0) is 6.42 Å². The summed E-state index contributed by atoms with van der Waals surface area (Å²) in [5, 5.41) is 20.2. The minimum Gasteiger partial charge on any atom is -0.389 e. The van der Waals surface area contributed by atoms with E-state index in [2.05, 4.69) is 6.92 Å². The van der Waals surface area contributed by atoms with E-state index in [1.807, 2.05) is 0 Å². The summed E-state index contributed by atoms with van der Waals surface area (Å²) in [6.45, 7) is 3.66. The molecule has 0 aromatic heterocycles. The molecule has 0 radical (unpaired) electrons. The van der Waals surface area contributed by atoms with Crippen molar-refractivity contribution in [2.45, 2.75) is 90.0 Å². The molecule has 0 saturated heterocycles. The molecule has 4 heteroatoms. The summed E-state index contributed by atoms with van der Waals surface area (Å²) in [6.07, 6.45) is 11.8. The van der Waals surface area contributed by atoms with E-state index in [1.54, 1.807) is 6.92 Å². The van der Waals surface area contributed by atoms with Gasteiger partial charge in [-0.2, -0.15) is 0 Å². The number of nitro groups is 1. The lowest BCUT2D eigenvalue weighted by molar-refractivity contribution is -0.575. The van der Waals surface area contributed by atoms with Crippen LogP contribution in [-0.4, -0.2) is 22.2 Å². The van der Waals surface area contributed by atoms with Crippen LogP contribution in [0.25, 0.3) is 0 Å². The standard InChI is InChI=1S/C15H31NO3/c1-3-5-6-7-8-9-10-11-12-13-15(4-2,14-17)16(18)19/h17H,3-14H2,1-2H3. The van der Waals surface area contributed by atoms with E-state index in [1.165, 1.54) is 38.5 Å². The summed E-state index contributed by atoms with van der Waals surface area (Å²) in [7, 11) is 0. The Morgan fingerprint density at radius 3 is 1.79 bits per heavy atom. The second-order valence-electron chi connectivity index (χ2n) is 5.57. The van der Waals surface area contributed by atoms with Gasteiger partial charge >= 0.3 is 0 Å². The zero-order valence-corrected chi connectivity index (χ0v) is 12.7. The fourth-order valence-corrected chi connectivity index (χ4v) is 2.41. The van der Waals surface area contributed by atoms with Gasteiger partial charge in [0, 0.05) is 17.8 Å². The van der Waals surface area contributed by atoms with Crippen molar-refractivity contribution in [3.05, 3.63) is 10.1 Å². The van der Waals surface area contributed by atoms with E-state index >= 15 is 0 Å². The topological polar surface area (TPSA) is 63.4 Å². The third kappa shape index (κ3) is 7.51. The van der Waals surface area contributed by atoms with Crippen LogP contribution in [0.3, 0.4) is 0 Å². The Labute approximate surface area is 117 Å². The van der Waals surface area contributed by atoms with Crippen LogP contribution in [0.1, 0.15) is 84.5 Å². The van der Waals surface area contributed by atoms with Gasteiger partial charge in [-0.25, -0.2) is 0 Å². The third-order valence-electron chi connectivity index (χ3n) is 4.09. The van der Waals surface area contributed by atoms with Gasteiger partial charge < -0.3 is 5.11 Å². The van der Waals surface area contributed by atoms with E-state index in [9.17, 15) is 15.2 Å². The van der Waals surface area contributed by atoms with Crippen molar-refractivity contribution in [3.8, 4) is 0 Å². The smallest absolute Gasteiger partial charge is 0.244 e. The van der Waals surface area contributed by atoms with Crippen LogP contribution in [0.15, 0.2) is 0 Å². The Balaban J connectivity index is 3.59. The number of rotatable bonds is 13. The molecule has 1 atom stereocenters. The van der Waals surface area contributed by atoms with Crippen LogP contribution in [0, 0.1) is 10.1 Å². The lowest BCUT2D eigenvalue weighted by Crippen LogP contribution is -2.41. The van der Waals surface area contributed by atoms with Crippen molar-refractivity contribution in [2.24, 2.45) is 0 Å². The maximum absolute atomic E-state index is 11.0. The molecule has 0 amide bonds.